The van der Waals surface area contributed by atoms with E-state index in [1.807, 2.05) is 0 Å². The van der Waals surface area contributed by atoms with Crippen molar-refractivity contribution in [3.63, 3.8) is 0 Å². The monoisotopic (exact) mass is 266 g/mol. The van der Waals surface area contributed by atoms with E-state index in [1.54, 1.807) is 0 Å². The van der Waals surface area contributed by atoms with Crippen molar-refractivity contribution in [3.8, 4) is 0 Å². The van der Waals surface area contributed by atoms with Crippen molar-refractivity contribution in [1.82, 2.24) is 5.16 Å². The van der Waals surface area contributed by atoms with Gasteiger partial charge in [0.25, 0.3) is 5.91 Å². The summed E-state index contributed by atoms with van der Waals surface area (Å²) < 4.78 is 9.47. The third-order valence-electron chi connectivity index (χ3n) is 3.30. The van der Waals surface area contributed by atoms with Crippen molar-refractivity contribution in [2.45, 2.75) is 38.5 Å². The normalized spacial score (nSPS) is 15.4. The summed E-state index contributed by atoms with van der Waals surface area (Å²) in [6.07, 6.45) is 7.55. The molecule has 1 fully saturated rings. The molecular formula is C13H18N2O4. The first-order chi connectivity index (χ1) is 9.24. The SMILES string of the molecule is O=C(COC(=O)CCC1CCCC1)Nc1ccon1. The summed E-state index contributed by atoms with van der Waals surface area (Å²) in [6.45, 7) is -0.281. The molecule has 0 aliphatic heterocycles. The summed E-state index contributed by atoms with van der Waals surface area (Å²) in [5.41, 5.74) is 0. The molecule has 0 saturated heterocycles. The third kappa shape index (κ3) is 4.73. The second-order valence-electron chi connectivity index (χ2n) is 4.78. The Morgan fingerprint density at radius 1 is 1.42 bits per heavy atom. The van der Waals surface area contributed by atoms with Gasteiger partial charge in [0, 0.05) is 12.5 Å². The highest BCUT2D eigenvalue weighted by Gasteiger charge is 2.17. The van der Waals surface area contributed by atoms with E-state index in [-0.39, 0.29) is 12.6 Å². The molecule has 19 heavy (non-hydrogen) atoms. The minimum atomic E-state index is -0.414. The zero-order valence-corrected chi connectivity index (χ0v) is 10.8. The van der Waals surface area contributed by atoms with Crippen LogP contribution in [0, 0.1) is 5.92 Å². The molecule has 1 aliphatic rings. The summed E-state index contributed by atoms with van der Waals surface area (Å²) in [5.74, 6) is 0.230. The molecule has 1 aliphatic carbocycles. The Morgan fingerprint density at radius 3 is 2.89 bits per heavy atom. The summed E-state index contributed by atoms with van der Waals surface area (Å²) in [5, 5.41) is 5.98. The van der Waals surface area contributed by atoms with Gasteiger partial charge >= 0.3 is 5.97 Å². The molecule has 1 aromatic rings. The lowest BCUT2D eigenvalue weighted by atomic mass is 10.0. The van der Waals surface area contributed by atoms with Crippen molar-refractivity contribution in [3.05, 3.63) is 12.3 Å². The zero-order valence-electron chi connectivity index (χ0n) is 10.8. The van der Waals surface area contributed by atoms with E-state index in [0.29, 0.717) is 18.2 Å². The minimum absolute atomic E-state index is 0.281. The van der Waals surface area contributed by atoms with Gasteiger partial charge in [-0.05, 0) is 12.3 Å². The van der Waals surface area contributed by atoms with Crippen LogP contribution in [0.4, 0.5) is 5.82 Å². The molecule has 6 nitrogen and oxygen atoms in total. The Hall–Kier alpha value is -1.85. The van der Waals surface area contributed by atoms with E-state index in [2.05, 4.69) is 15.0 Å². The predicted molar refractivity (Wildman–Crippen MR) is 67.3 cm³/mol. The molecule has 6 heteroatoms. The highest BCUT2D eigenvalue weighted by Crippen LogP contribution is 2.28. The van der Waals surface area contributed by atoms with Gasteiger partial charge in [-0.1, -0.05) is 30.8 Å². The second kappa shape index (κ2) is 6.92. The molecule has 104 valence electrons. The van der Waals surface area contributed by atoms with Crippen molar-refractivity contribution in [2.24, 2.45) is 5.92 Å². The number of aromatic nitrogens is 1. The smallest absolute Gasteiger partial charge is 0.306 e. The zero-order chi connectivity index (χ0) is 13.5. The van der Waals surface area contributed by atoms with E-state index < -0.39 is 5.91 Å². The number of rotatable bonds is 6. The number of carbonyl (C=O) groups excluding carboxylic acids is 2. The van der Waals surface area contributed by atoms with Gasteiger partial charge in [-0.15, -0.1) is 0 Å². The fourth-order valence-electron chi connectivity index (χ4n) is 2.30. The standard InChI is InChI=1S/C13H18N2O4/c16-12(14-11-7-8-19-15-11)9-18-13(17)6-5-10-3-1-2-4-10/h7-8,10H,1-6,9H2,(H,14,15,16). The van der Waals surface area contributed by atoms with Crippen molar-refractivity contribution >= 4 is 17.7 Å². The molecule has 1 heterocycles. The number of carbonyl (C=O) groups is 2. The van der Waals surface area contributed by atoms with Crippen LogP contribution in [-0.2, 0) is 14.3 Å². The summed E-state index contributed by atoms with van der Waals surface area (Å²) in [6, 6.07) is 1.51. The van der Waals surface area contributed by atoms with Crippen molar-refractivity contribution < 1.29 is 18.8 Å². The van der Waals surface area contributed by atoms with E-state index in [1.165, 1.54) is 38.0 Å². The Labute approximate surface area is 111 Å². The van der Waals surface area contributed by atoms with Gasteiger partial charge in [0.15, 0.2) is 12.4 Å². The number of nitrogens with one attached hydrogen (secondary N) is 1. The van der Waals surface area contributed by atoms with Gasteiger partial charge in [0.1, 0.15) is 6.26 Å². The number of esters is 1. The average Bonchev–Trinajstić information content (AvgIpc) is 3.06. The summed E-state index contributed by atoms with van der Waals surface area (Å²) in [4.78, 5) is 22.9. The lowest BCUT2D eigenvalue weighted by Gasteiger charge is -2.08. The van der Waals surface area contributed by atoms with Crippen LogP contribution < -0.4 is 5.32 Å². The number of anilines is 1. The molecular weight excluding hydrogens is 248 g/mol. The lowest BCUT2D eigenvalue weighted by Crippen LogP contribution is -2.21. The Kier molecular flexibility index (Phi) is 4.94. The molecule has 1 aromatic heterocycles. The molecule has 0 radical (unpaired) electrons. The molecule has 0 bridgehead atoms. The second-order valence-corrected chi connectivity index (χ2v) is 4.78. The minimum Gasteiger partial charge on any atom is -0.456 e. The maximum atomic E-state index is 11.5. The van der Waals surface area contributed by atoms with Crippen LogP contribution in [0.5, 0.6) is 0 Å². The predicted octanol–water partition coefficient (Wildman–Crippen LogP) is 2.13. The van der Waals surface area contributed by atoms with E-state index in [9.17, 15) is 9.59 Å². The van der Waals surface area contributed by atoms with Crippen molar-refractivity contribution in [1.29, 1.82) is 0 Å². The first-order valence-electron chi connectivity index (χ1n) is 6.60. The molecule has 2 rings (SSSR count). The van der Waals surface area contributed by atoms with Crippen LogP contribution in [0.2, 0.25) is 0 Å². The van der Waals surface area contributed by atoms with Gasteiger partial charge in [0.05, 0.1) is 0 Å². The lowest BCUT2D eigenvalue weighted by molar-refractivity contribution is -0.147. The summed E-state index contributed by atoms with van der Waals surface area (Å²) >= 11 is 0. The quantitative estimate of drug-likeness (QED) is 0.797. The largest absolute Gasteiger partial charge is 0.456 e. The Bertz CT molecular complexity index is 410. The Morgan fingerprint density at radius 2 is 2.21 bits per heavy atom. The fourth-order valence-corrected chi connectivity index (χ4v) is 2.30. The molecule has 1 N–H and O–H groups in total. The highest BCUT2D eigenvalue weighted by molar-refractivity contribution is 5.91. The van der Waals surface area contributed by atoms with Gasteiger partial charge in [-0.2, -0.15) is 0 Å². The molecule has 0 spiro atoms. The maximum absolute atomic E-state index is 11.5. The van der Waals surface area contributed by atoms with Gasteiger partial charge in [-0.25, -0.2) is 0 Å². The molecule has 0 aromatic carbocycles. The third-order valence-corrected chi connectivity index (χ3v) is 3.30. The van der Waals surface area contributed by atoms with Crippen LogP contribution in [0.1, 0.15) is 38.5 Å². The molecule has 0 atom stereocenters. The van der Waals surface area contributed by atoms with E-state index in [0.717, 1.165) is 6.42 Å². The number of nitrogens with zero attached hydrogens (tertiary/aromatic N) is 1. The highest BCUT2D eigenvalue weighted by atomic mass is 16.5. The number of hydrogen-bond donors (Lipinski definition) is 1. The van der Waals surface area contributed by atoms with Gasteiger partial charge in [0.2, 0.25) is 0 Å². The van der Waals surface area contributed by atoms with Gasteiger partial charge in [-0.3, -0.25) is 9.59 Å². The van der Waals surface area contributed by atoms with Crippen LogP contribution in [0.15, 0.2) is 16.9 Å². The van der Waals surface area contributed by atoms with Crippen molar-refractivity contribution in [2.75, 3.05) is 11.9 Å². The number of amides is 1. The van der Waals surface area contributed by atoms with E-state index >= 15 is 0 Å². The average molecular weight is 266 g/mol. The molecule has 1 saturated carbocycles. The first-order valence-corrected chi connectivity index (χ1v) is 6.60. The maximum Gasteiger partial charge on any atom is 0.306 e. The first kappa shape index (κ1) is 13.6. The van der Waals surface area contributed by atoms with Crippen LogP contribution in [0.3, 0.4) is 0 Å². The summed E-state index contributed by atoms with van der Waals surface area (Å²) in [7, 11) is 0. The fraction of sp³-hybridized carbons (Fsp3) is 0.615. The molecule has 0 unspecified atom stereocenters. The Balaban J connectivity index is 1.58. The van der Waals surface area contributed by atoms with Crippen LogP contribution in [-0.4, -0.2) is 23.6 Å². The van der Waals surface area contributed by atoms with E-state index in [4.69, 9.17) is 4.74 Å². The number of hydrogen-bond acceptors (Lipinski definition) is 5. The van der Waals surface area contributed by atoms with Crippen LogP contribution in [0.25, 0.3) is 0 Å². The van der Waals surface area contributed by atoms with Gasteiger partial charge < -0.3 is 14.6 Å². The van der Waals surface area contributed by atoms with Crippen LogP contribution >= 0.6 is 0 Å². The topological polar surface area (TPSA) is 81.4 Å². The molecule has 1 amide bonds. The number of ether oxygens (including phenoxy) is 1.